The van der Waals surface area contributed by atoms with E-state index in [1.807, 2.05) is 12.3 Å². The molecule has 7 nitrogen and oxygen atoms in total. The fourth-order valence-electron chi connectivity index (χ4n) is 1.63. The molecular formula is C10H13N5O2S. The Kier molecular flexibility index (Phi) is 3.56. The number of thiazole rings is 1. The third-order valence-corrected chi connectivity index (χ3v) is 3.45. The SMILES string of the molecule is CCC(Nc1c([N+](=O)[O-])ncn1C)c1nccs1. The largest absolute Gasteiger partial charge is 0.406 e. The summed E-state index contributed by atoms with van der Waals surface area (Å²) in [5.41, 5.74) is 0. The van der Waals surface area contributed by atoms with Gasteiger partial charge in [-0.2, -0.15) is 0 Å². The van der Waals surface area contributed by atoms with Gasteiger partial charge < -0.3 is 15.4 Å². The molecule has 2 rings (SSSR count). The monoisotopic (exact) mass is 267 g/mol. The Balaban J connectivity index is 2.27. The molecule has 1 N–H and O–H groups in total. The van der Waals surface area contributed by atoms with Gasteiger partial charge >= 0.3 is 5.82 Å². The zero-order valence-corrected chi connectivity index (χ0v) is 10.8. The molecule has 0 saturated carbocycles. The topological polar surface area (TPSA) is 85.9 Å². The average molecular weight is 267 g/mol. The van der Waals surface area contributed by atoms with Gasteiger partial charge in [0.2, 0.25) is 12.1 Å². The van der Waals surface area contributed by atoms with E-state index < -0.39 is 4.92 Å². The molecule has 96 valence electrons. The Morgan fingerprint density at radius 3 is 2.94 bits per heavy atom. The molecule has 18 heavy (non-hydrogen) atoms. The first-order valence-corrected chi connectivity index (χ1v) is 6.33. The summed E-state index contributed by atoms with van der Waals surface area (Å²) in [7, 11) is 1.72. The molecule has 8 heteroatoms. The van der Waals surface area contributed by atoms with E-state index >= 15 is 0 Å². The number of aryl methyl sites for hydroxylation is 1. The summed E-state index contributed by atoms with van der Waals surface area (Å²) in [5.74, 6) is 0.245. The number of nitrogens with zero attached hydrogens (tertiary/aromatic N) is 4. The van der Waals surface area contributed by atoms with Crippen LogP contribution in [0.15, 0.2) is 17.9 Å². The second-order valence-electron chi connectivity index (χ2n) is 3.76. The summed E-state index contributed by atoms with van der Waals surface area (Å²) in [6.45, 7) is 2.00. The molecular weight excluding hydrogens is 254 g/mol. The number of nitro groups is 1. The van der Waals surface area contributed by atoms with Gasteiger partial charge in [0.15, 0.2) is 0 Å². The van der Waals surface area contributed by atoms with Crippen LogP contribution >= 0.6 is 11.3 Å². The van der Waals surface area contributed by atoms with Crippen molar-refractivity contribution in [3.05, 3.63) is 33.0 Å². The molecule has 0 saturated heterocycles. The second kappa shape index (κ2) is 5.13. The predicted molar refractivity (Wildman–Crippen MR) is 68.6 cm³/mol. The number of hydrogen-bond donors (Lipinski definition) is 1. The lowest BCUT2D eigenvalue weighted by molar-refractivity contribution is -0.388. The Labute approximate surface area is 108 Å². The molecule has 0 aliphatic rings. The zero-order chi connectivity index (χ0) is 13.1. The second-order valence-corrected chi connectivity index (χ2v) is 4.69. The van der Waals surface area contributed by atoms with Gasteiger partial charge in [-0.25, -0.2) is 4.98 Å². The van der Waals surface area contributed by atoms with Crippen LogP contribution in [0.2, 0.25) is 0 Å². The minimum Gasteiger partial charge on any atom is -0.358 e. The maximum absolute atomic E-state index is 10.9. The van der Waals surface area contributed by atoms with Gasteiger partial charge in [-0.05, 0) is 16.3 Å². The smallest absolute Gasteiger partial charge is 0.358 e. The van der Waals surface area contributed by atoms with E-state index in [9.17, 15) is 10.1 Å². The number of hydrogen-bond acceptors (Lipinski definition) is 6. The Morgan fingerprint density at radius 2 is 2.39 bits per heavy atom. The molecule has 0 spiro atoms. The molecule has 0 aliphatic heterocycles. The Bertz CT molecular complexity index is 536. The first-order valence-electron chi connectivity index (χ1n) is 5.45. The molecule has 0 aliphatic carbocycles. The lowest BCUT2D eigenvalue weighted by Gasteiger charge is -2.15. The molecule has 1 atom stereocenters. The van der Waals surface area contributed by atoms with E-state index in [1.54, 1.807) is 17.8 Å². The summed E-state index contributed by atoms with van der Waals surface area (Å²) in [6.07, 6.45) is 3.94. The number of rotatable bonds is 5. The van der Waals surface area contributed by atoms with Crippen LogP contribution in [0.1, 0.15) is 24.4 Å². The number of anilines is 1. The molecule has 2 aromatic rings. The summed E-state index contributed by atoms with van der Waals surface area (Å²) < 4.78 is 1.61. The van der Waals surface area contributed by atoms with Crippen molar-refractivity contribution >= 4 is 23.0 Å². The highest BCUT2D eigenvalue weighted by molar-refractivity contribution is 7.09. The van der Waals surface area contributed by atoms with E-state index in [2.05, 4.69) is 15.3 Å². The molecule has 0 amide bonds. The third-order valence-electron chi connectivity index (χ3n) is 2.56. The number of imidazole rings is 1. The van der Waals surface area contributed by atoms with Crippen molar-refractivity contribution < 1.29 is 4.92 Å². The molecule has 1 unspecified atom stereocenters. The van der Waals surface area contributed by atoms with E-state index in [4.69, 9.17) is 0 Å². The molecule has 0 fully saturated rings. The Hall–Kier alpha value is -1.96. The van der Waals surface area contributed by atoms with Crippen molar-refractivity contribution in [1.29, 1.82) is 0 Å². The molecule has 0 bridgehead atoms. The Morgan fingerprint density at radius 1 is 1.61 bits per heavy atom. The maximum Gasteiger partial charge on any atom is 0.406 e. The van der Waals surface area contributed by atoms with Gasteiger partial charge in [0, 0.05) is 18.6 Å². The number of nitrogens with one attached hydrogen (secondary N) is 1. The van der Waals surface area contributed by atoms with Gasteiger partial charge in [0.25, 0.3) is 0 Å². The predicted octanol–water partition coefficient (Wildman–Crippen LogP) is 2.35. The van der Waals surface area contributed by atoms with Crippen molar-refractivity contribution in [3.63, 3.8) is 0 Å². The van der Waals surface area contributed by atoms with Crippen LogP contribution in [0, 0.1) is 10.1 Å². The van der Waals surface area contributed by atoms with Crippen molar-refractivity contribution in [2.75, 3.05) is 5.32 Å². The minimum atomic E-state index is -0.489. The van der Waals surface area contributed by atoms with E-state index in [-0.39, 0.29) is 11.9 Å². The lowest BCUT2D eigenvalue weighted by atomic mass is 10.2. The van der Waals surface area contributed by atoms with E-state index in [1.165, 1.54) is 17.7 Å². The van der Waals surface area contributed by atoms with Crippen LogP contribution in [0.5, 0.6) is 0 Å². The van der Waals surface area contributed by atoms with Crippen LogP contribution in [0.4, 0.5) is 11.6 Å². The zero-order valence-electron chi connectivity index (χ0n) is 10.0. The van der Waals surface area contributed by atoms with Gasteiger partial charge in [-0.1, -0.05) is 6.92 Å². The van der Waals surface area contributed by atoms with Crippen molar-refractivity contribution in [1.82, 2.24) is 14.5 Å². The van der Waals surface area contributed by atoms with Crippen LogP contribution < -0.4 is 5.32 Å². The molecule has 2 heterocycles. The molecule has 0 aromatic carbocycles. The highest BCUT2D eigenvalue weighted by Crippen LogP contribution is 2.28. The summed E-state index contributed by atoms with van der Waals surface area (Å²) in [6, 6.07) is -0.0425. The summed E-state index contributed by atoms with van der Waals surface area (Å²) >= 11 is 1.52. The van der Waals surface area contributed by atoms with Gasteiger partial charge in [0.05, 0.1) is 6.04 Å². The van der Waals surface area contributed by atoms with Crippen molar-refractivity contribution in [2.45, 2.75) is 19.4 Å². The van der Waals surface area contributed by atoms with Gasteiger partial charge in [0.1, 0.15) is 5.01 Å². The van der Waals surface area contributed by atoms with Gasteiger partial charge in [-0.15, -0.1) is 11.3 Å². The van der Waals surface area contributed by atoms with Gasteiger partial charge in [-0.3, -0.25) is 4.57 Å². The lowest BCUT2D eigenvalue weighted by Crippen LogP contribution is -2.12. The first kappa shape index (κ1) is 12.5. The van der Waals surface area contributed by atoms with E-state index in [0.717, 1.165) is 11.4 Å². The van der Waals surface area contributed by atoms with Crippen LogP contribution in [-0.4, -0.2) is 19.5 Å². The standard InChI is InChI=1S/C10H13N5O2S/c1-3-7(10-11-4-5-18-10)13-9-8(15(16)17)12-6-14(9)2/h4-7,13H,3H2,1-2H3. The van der Waals surface area contributed by atoms with Crippen molar-refractivity contribution in [3.8, 4) is 0 Å². The third kappa shape index (κ3) is 2.33. The minimum absolute atomic E-state index is 0.0425. The van der Waals surface area contributed by atoms with Crippen LogP contribution in [0.25, 0.3) is 0 Å². The summed E-state index contributed by atoms with van der Waals surface area (Å²) in [4.78, 5) is 18.4. The highest BCUT2D eigenvalue weighted by atomic mass is 32.1. The quantitative estimate of drug-likeness (QED) is 0.663. The van der Waals surface area contributed by atoms with E-state index in [0.29, 0.717) is 5.82 Å². The number of aromatic nitrogens is 3. The highest BCUT2D eigenvalue weighted by Gasteiger charge is 2.23. The maximum atomic E-state index is 10.9. The first-order chi connectivity index (χ1) is 8.63. The van der Waals surface area contributed by atoms with Crippen molar-refractivity contribution in [2.24, 2.45) is 7.05 Å². The molecule has 0 radical (unpaired) electrons. The van der Waals surface area contributed by atoms with Crippen LogP contribution in [-0.2, 0) is 7.05 Å². The fourth-order valence-corrected chi connectivity index (χ4v) is 2.40. The van der Waals surface area contributed by atoms with Crippen LogP contribution in [0.3, 0.4) is 0 Å². The molecule has 2 aromatic heterocycles. The average Bonchev–Trinajstić information content (AvgIpc) is 2.96. The summed E-state index contributed by atoms with van der Waals surface area (Å²) in [5, 5.41) is 16.8. The normalized spacial score (nSPS) is 12.3. The fraction of sp³-hybridized carbons (Fsp3) is 0.400.